The van der Waals surface area contributed by atoms with Gasteiger partial charge in [0.1, 0.15) is 5.82 Å². The van der Waals surface area contributed by atoms with Gasteiger partial charge in [0.05, 0.1) is 17.6 Å². The van der Waals surface area contributed by atoms with Crippen LogP contribution in [0.2, 0.25) is 0 Å². The van der Waals surface area contributed by atoms with Gasteiger partial charge in [0.15, 0.2) is 5.78 Å². The molecule has 4 rings (SSSR count). The molecule has 5 heteroatoms. The molecule has 0 amide bonds. The van der Waals surface area contributed by atoms with Crippen LogP contribution in [0.4, 0.5) is 5.69 Å². The Kier molecular flexibility index (Phi) is 5.35. The minimum Gasteiger partial charge on any atom is -0.378 e. The molecule has 0 bridgehead atoms. The Hall–Kier alpha value is -3.18. The highest BCUT2D eigenvalue weighted by Gasteiger charge is 2.04. The summed E-state index contributed by atoms with van der Waals surface area (Å²) in [5, 5.41) is 3.32. The maximum absolute atomic E-state index is 12.3. The Morgan fingerprint density at radius 1 is 1.00 bits per heavy atom. The van der Waals surface area contributed by atoms with Crippen LogP contribution in [0.25, 0.3) is 17.1 Å². The van der Waals surface area contributed by atoms with Crippen LogP contribution in [0.1, 0.15) is 21.7 Å². The molecular formula is C23H18BrN3O. The molecule has 138 valence electrons. The van der Waals surface area contributed by atoms with Gasteiger partial charge in [-0.3, -0.25) is 4.79 Å². The van der Waals surface area contributed by atoms with E-state index < -0.39 is 0 Å². The van der Waals surface area contributed by atoms with E-state index in [1.807, 2.05) is 78.9 Å². The first-order valence-corrected chi connectivity index (χ1v) is 9.72. The smallest absolute Gasteiger partial charge is 0.185 e. The summed E-state index contributed by atoms with van der Waals surface area (Å²) in [4.78, 5) is 20.2. The molecule has 0 spiro atoms. The van der Waals surface area contributed by atoms with Crippen molar-refractivity contribution in [3.63, 3.8) is 0 Å². The number of fused-ring (bicyclic) bond motifs is 1. The number of aromatic amines is 1. The molecule has 28 heavy (non-hydrogen) atoms. The number of benzene rings is 3. The molecule has 1 aromatic heterocycles. The zero-order valence-electron chi connectivity index (χ0n) is 15.0. The summed E-state index contributed by atoms with van der Waals surface area (Å²) in [6, 6.07) is 23.2. The van der Waals surface area contributed by atoms with E-state index in [1.54, 1.807) is 6.08 Å². The highest BCUT2D eigenvalue weighted by Crippen LogP contribution is 2.15. The molecule has 0 saturated carbocycles. The number of halogens is 1. The molecule has 0 aliphatic heterocycles. The second-order valence-electron chi connectivity index (χ2n) is 6.38. The normalized spacial score (nSPS) is 11.2. The van der Waals surface area contributed by atoms with Gasteiger partial charge in [-0.15, -0.1) is 0 Å². The minimum atomic E-state index is -0.0215. The molecule has 0 aliphatic rings. The Labute approximate surface area is 171 Å². The van der Waals surface area contributed by atoms with Crippen LogP contribution in [0, 0.1) is 0 Å². The van der Waals surface area contributed by atoms with Crippen LogP contribution >= 0.6 is 15.9 Å². The predicted octanol–water partition coefficient (Wildman–Crippen LogP) is 5.83. The first-order chi connectivity index (χ1) is 13.7. The molecule has 2 N–H and O–H groups in total. The van der Waals surface area contributed by atoms with Crippen LogP contribution in [0.3, 0.4) is 0 Å². The highest BCUT2D eigenvalue weighted by molar-refractivity contribution is 9.10. The zero-order valence-corrected chi connectivity index (χ0v) is 16.6. The van der Waals surface area contributed by atoms with Gasteiger partial charge in [-0.25, -0.2) is 4.98 Å². The van der Waals surface area contributed by atoms with Crippen LogP contribution < -0.4 is 5.32 Å². The lowest BCUT2D eigenvalue weighted by Crippen LogP contribution is -2.02. The zero-order chi connectivity index (χ0) is 19.3. The van der Waals surface area contributed by atoms with Crippen LogP contribution in [-0.2, 0) is 6.54 Å². The van der Waals surface area contributed by atoms with Gasteiger partial charge in [-0.1, -0.05) is 46.3 Å². The summed E-state index contributed by atoms with van der Waals surface area (Å²) >= 11 is 3.40. The number of anilines is 1. The number of hydrogen-bond acceptors (Lipinski definition) is 3. The number of aromatic nitrogens is 2. The summed E-state index contributed by atoms with van der Waals surface area (Å²) in [5.41, 5.74) is 4.56. The number of rotatable bonds is 6. The second kappa shape index (κ2) is 8.23. The fraction of sp³-hybridized carbons (Fsp3) is 0.0435. The number of para-hydroxylation sites is 2. The molecule has 0 saturated heterocycles. The fourth-order valence-electron chi connectivity index (χ4n) is 2.87. The maximum atomic E-state index is 12.3. The van der Waals surface area contributed by atoms with E-state index in [0.29, 0.717) is 12.1 Å². The number of imidazole rings is 1. The molecular weight excluding hydrogens is 414 g/mol. The molecule has 0 unspecified atom stereocenters. The summed E-state index contributed by atoms with van der Waals surface area (Å²) in [5.74, 6) is 0.852. The lowest BCUT2D eigenvalue weighted by Gasteiger charge is -2.05. The van der Waals surface area contributed by atoms with Crippen molar-refractivity contribution in [1.29, 1.82) is 0 Å². The summed E-state index contributed by atoms with van der Waals surface area (Å²) in [7, 11) is 0. The van der Waals surface area contributed by atoms with Gasteiger partial charge in [0.2, 0.25) is 0 Å². The molecule has 0 radical (unpaired) electrons. The minimum absolute atomic E-state index is 0.0215. The van der Waals surface area contributed by atoms with Crippen molar-refractivity contribution >= 4 is 44.5 Å². The van der Waals surface area contributed by atoms with Crippen molar-refractivity contribution in [2.75, 3.05) is 5.32 Å². The lowest BCUT2D eigenvalue weighted by molar-refractivity contribution is 0.104. The largest absolute Gasteiger partial charge is 0.378 e. The average Bonchev–Trinajstić information content (AvgIpc) is 3.15. The quantitative estimate of drug-likeness (QED) is 0.298. The van der Waals surface area contributed by atoms with E-state index >= 15 is 0 Å². The summed E-state index contributed by atoms with van der Waals surface area (Å²) < 4.78 is 1.02. The van der Waals surface area contributed by atoms with Crippen molar-refractivity contribution in [2.24, 2.45) is 0 Å². The van der Waals surface area contributed by atoms with Gasteiger partial charge in [0.25, 0.3) is 0 Å². The number of H-pyrrole nitrogens is 1. The number of carbonyl (C=O) groups excluding carboxylic acids is 1. The van der Waals surface area contributed by atoms with Gasteiger partial charge >= 0.3 is 0 Å². The number of nitrogens with one attached hydrogen (secondary N) is 2. The second-order valence-corrected chi connectivity index (χ2v) is 7.30. The van der Waals surface area contributed by atoms with E-state index in [0.717, 1.165) is 32.6 Å². The molecule has 3 aromatic carbocycles. The third-order valence-electron chi connectivity index (χ3n) is 4.36. The highest BCUT2D eigenvalue weighted by atomic mass is 79.9. The van der Waals surface area contributed by atoms with E-state index in [2.05, 4.69) is 31.2 Å². The van der Waals surface area contributed by atoms with Crippen molar-refractivity contribution in [3.05, 3.63) is 100 Å². The number of carbonyl (C=O) groups is 1. The van der Waals surface area contributed by atoms with Crippen molar-refractivity contribution < 1.29 is 4.79 Å². The number of hydrogen-bond donors (Lipinski definition) is 2. The van der Waals surface area contributed by atoms with Gasteiger partial charge in [0, 0.05) is 15.7 Å². The monoisotopic (exact) mass is 431 g/mol. The van der Waals surface area contributed by atoms with E-state index in [9.17, 15) is 4.79 Å². The molecule has 0 aliphatic carbocycles. The molecule has 4 nitrogen and oxygen atoms in total. The third-order valence-corrected chi connectivity index (χ3v) is 4.89. The number of nitrogens with zero attached hydrogens (tertiary/aromatic N) is 1. The molecule has 0 fully saturated rings. The lowest BCUT2D eigenvalue weighted by atomic mass is 10.1. The Morgan fingerprint density at radius 2 is 1.75 bits per heavy atom. The Balaban J connectivity index is 1.37. The topological polar surface area (TPSA) is 57.8 Å². The third kappa shape index (κ3) is 4.38. The van der Waals surface area contributed by atoms with Gasteiger partial charge in [-0.2, -0.15) is 0 Å². The number of allylic oxidation sites excluding steroid dienone is 1. The van der Waals surface area contributed by atoms with Crippen molar-refractivity contribution in [2.45, 2.75) is 6.54 Å². The van der Waals surface area contributed by atoms with Crippen LogP contribution in [0.5, 0.6) is 0 Å². The van der Waals surface area contributed by atoms with Crippen molar-refractivity contribution in [1.82, 2.24) is 9.97 Å². The van der Waals surface area contributed by atoms with E-state index in [1.165, 1.54) is 0 Å². The van der Waals surface area contributed by atoms with Gasteiger partial charge < -0.3 is 10.3 Å². The van der Waals surface area contributed by atoms with Gasteiger partial charge in [-0.05, 0) is 60.2 Å². The molecule has 4 aromatic rings. The molecule has 1 heterocycles. The summed E-state index contributed by atoms with van der Waals surface area (Å²) in [6.45, 7) is 0.589. The Morgan fingerprint density at radius 3 is 2.50 bits per heavy atom. The first kappa shape index (κ1) is 18.2. The van der Waals surface area contributed by atoms with Crippen LogP contribution in [-0.4, -0.2) is 15.8 Å². The Bertz CT molecular complexity index is 1100. The first-order valence-electron chi connectivity index (χ1n) is 8.93. The summed E-state index contributed by atoms with van der Waals surface area (Å²) in [6.07, 6.45) is 3.42. The SMILES string of the molecule is O=C(/C=C/c1ccc(Br)cc1)c1ccc(NCc2nc3ccccc3[nH]2)cc1. The van der Waals surface area contributed by atoms with Crippen LogP contribution in [0.15, 0.2) is 83.3 Å². The number of ketones is 1. The predicted molar refractivity (Wildman–Crippen MR) is 117 cm³/mol. The molecule has 0 atom stereocenters. The maximum Gasteiger partial charge on any atom is 0.185 e. The van der Waals surface area contributed by atoms with E-state index in [4.69, 9.17) is 0 Å². The average molecular weight is 432 g/mol. The standard InChI is InChI=1S/C23H18BrN3O/c24-18-10-5-16(6-11-18)7-14-22(28)17-8-12-19(13-9-17)25-15-23-26-20-3-1-2-4-21(20)27-23/h1-14,25H,15H2,(H,26,27)/b14-7+. The van der Waals surface area contributed by atoms with Crippen molar-refractivity contribution in [3.8, 4) is 0 Å². The van der Waals surface area contributed by atoms with E-state index in [-0.39, 0.29) is 5.78 Å². The fourth-order valence-corrected chi connectivity index (χ4v) is 3.13.